The Hall–Kier alpha value is -1.03. The van der Waals surface area contributed by atoms with Gasteiger partial charge in [0.25, 0.3) is 0 Å². The van der Waals surface area contributed by atoms with E-state index in [1.807, 2.05) is 0 Å². The number of rotatable bonds is 3. The van der Waals surface area contributed by atoms with Crippen LogP contribution in [-0.4, -0.2) is 16.0 Å². The van der Waals surface area contributed by atoms with Gasteiger partial charge in [0.05, 0.1) is 0 Å². The first-order chi connectivity index (χ1) is 6.11. The van der Waals surface area contributed by atoms with Crippen molar-refractivity contribution in [2.45, 2.75) is 26.3 Å². The molecule has 1 aromatic rings. The summed E-state index contributed by atoms with van der Waals surface area (Å²) in [5.74, 6) is 0.866. The largest absolute Gasteiger partial charge is 0.368 e. The molecule has 1 unspecified atom stereocenters. The van der Waals surface area contributed by atoms with Crippen molar-refractivity contribution >= 4 is 23.4 Å². The summed E-state index contributed by atoms with van der Waals surface area (Å²) in [7, 11) is 0. The van der Waals surface area contributed by atoms with Gasteiger partial charge in [-0.3, -0.25) is 0 Å². The lowest BCUT2D eigenvalue weighted by atomic mass is 10.2. The van der Waals surface area contributed by atoms with E-state index in [1.54, 1.807) is 6.07 Å². The van der Waals surface area contributed by atoms with Crippen LogP contribution in [0.2, 0.25) is 5.15 Å². The maximum atomic E-state index is 5.71. The first-order valence-corrected chi connectivity index (χ1v) is 4.56. The van der Waals surface area contributed by atoms with Gasteiger partial charge < -0.3 is 11.1 Å². The average Bonchev–Trinajstić information content (AvgIpc) is 2.02. The number of hydrogen-bond acceptors (Lipinski definition) is 4. The van der Waals surface area contributed by atoms with Crippen LogP contribution in [0.25, 0.3) is 0 Å². The molecule has 1 heterocycles. The minimum atomic E-state index is 0.193. The Morgan fingerprint density at radius 2 is 2.31 bits per heavy atom. The maximum absolute atomic E-state index is 5.71. The molecule has 0 radical (unpaired) electrons. The summed E-state index contributed by atoms with van der Waals surface area (Å²) in [5.41, 5.74) is 5.43. The predicted molar refractivity (Wildman–Crippen MR) is 54.8 cm³/mol. The lowest BCUT2D eigenvalue weighted by molar-refractivity contribution is 0.759. The molecule has 0 bridgehead atoms. The van der Waals surface area contributed by atoms with Crippen molar-refractivity contribution < 1.29 is 0 Å². The predicted octanol–water partition coefficient (Wildman–Crippen LogP) is 1.92. The van der Waals surface area contributed by atoms with Crippen molar-refractivity contribution in [2.75, 3.05) is 11.1 Å². The molecule has 1 atom stereocenters. The van der Waals surface area contributed by atoms with Gasteiger partial charge in [-0.2, -0.15) is 4.98 Å². The second-order valence-corrected chi connectivity index (χ2v) is 3.27. The molecule has 5 heteroatoms. The highest BCUT2D eigenvalue weighted by molar-refractivity contribution is 6.29. The number of halogens is 1. The number of hydrogen-bond donors (Lipinski definition) is 2. The molecule has 0 saturated heterocycles. The van der Waals surface area contributed by atoms with Gasteiger partial charge in [-0.05, 0) is 13.3 Å². The normalized spacial score (nSPS) is 12.5. The summed E-state index contributed by atoms with van der Waals surface area (Å²) in [6, 6.07) is 2.01. The number of anilines is 2. The van der Waals surface area contributed by atoms with Gasteiger partial charge in [-0.25, -0.2) is 4.98 Å². The van der Waals surface area contributed by atoms with E-state index in [9.17, 15) is 0 Å². The fourth-order valence-corrected chi connectivity index (χ4v) is 1.05. The van der Waals surface area contributed by atoms with E-state index in [1.165, 1.54) is 0 Å². The van der Waals surface area contributed by atoms with Crippen LogP contribution in [0.5, 0.6) is 0 Å². The molecule has 0 aromatic carbocycles. The standard InChI is InChI=1S/C8H13ClN4/c1-3-5(2)11-7-4-6(9)12-8(10)13-7/h4-5H,3H2,1-2H3,(H3,10,11,12,13). The third kappa shape index (κ3) is 3.06. The molecule has 0 spiro atoms. The monoisotopic (exact) mass is 200 g/mol. The summed E-state index contributed by atoms with van der Waals surface area (Å²) in [6.07, 6.45) is 1.02. The van der Waals surface area contributed by atoms with E-state index in [0.29, 0.717) is 17.0 Å². The zero-order valence-corrected chi connectivity index (χ0v) is 8.47. The molecule has 4 nitrogen and oxygen atoms in total. The molecule has 0 amide bonds. The molecule has 3 N–H and O–H groups in total. The van der Waals surface area contributed by atoms with Crippen molar-refractivity contribution in [1.82, 2.24) is 9.97 Å². The quantitative estimate of drug-likeness (QED) is 0.732. The third-order valence-corrected chi connectivity index (χ3v) is 1.91. The molecular formula is C8H13ClN4. The first-order valence-electron chi connectivity index (χ1n) is 4.18. The molecule has 0 aliphatic carbocycles. The molecule has 0 fully saturated rings. The van der Waals surface area contributed by atoms with Crippen LogP contribution in [0.15, 0.2) is 6.07 Å². The first kappa shape index (κ1) is 10.1. The van der Waals surface area contributed by atoms with Crippen molar-refractivity contribution in [2.24, 2.45) is 0 Å². The van der Waals surface area contributed by atoms with Gasteiger partial charge in [-0.1, -0.05) is 18.5 Å². The maximum Gasteiger partial charge on any atom is 0.223 e. The lowest BCUT2D eigenvalue weighted by Gasteiger charge is -2.11. The van der Waals surface area contributed by atoms with E-state index in [0.717, 1.165) is 6.42 Å². The summed E-state index contributed by atoms with van der Waals surface area (Å²) < 4.78 is 0. The minimum Gasteiger partial charge on any atom is -0.368 e. The Labute approximate surface area is 82.5 Å². The molecule has 13 heavy (non-hydrogen) atoms. The number of aromatic nitrogens is 2. The van der Waals surface area contributed by atoms with Gasteiger partial charge in [0.15, 0.2) is 0 Å². The molecule has 0 saturated carbocycles. The number of nitrogens with zero attached hydrogens (tertiary/aromatic N) is 2. The second kappa shape index (κ2) is 4.28. The fraction of sp³-hybridized carbons (Fsp3) is 0.500. The number of nitrogen functional groups attached to an aromatic ring is 1. The molecular weight excluding hydrogens is 188 g/mol. The fourth-order valence-electron chi connectivity index (χ4n) is 0.864. The van der Waals surface area contributed by atoms with Crippen molar-refractivity contribution in [3.05, 3.63) is 11.2 Å². The van der Waals surface area contributed by atoms with Gasteiger partial charge in [0.2, 0.25) is 5.95 Å². The Kier molecular flexibility index (Phi) is 3.31. The van der Waals surface area contributed by atoms with Crippen LogP contribution < -0.4 is 11.1 Å². The highest BCUT2D eigenvalue weighted by Gasteiger charge is 2.02. The van der Waals surface area contributed by atoms with Crippen LogP contribution >= 0.6 is 11.6 Å². The van der Waals surface area contributed by atoms with E-state index < -0.39 is 0 Å². The van der Waals surface area contributed by atoms with Crippen molar-refractivity contribution in [3.63, 3.8) is 0 Å². The van der Waals surface area contributed by atoms with Crippen LogP contribution in [0.3, 0.4) is 0 Å². The Balaban J connectivity index is 2.77. The van der Waals surface area contributed by atoms with E-state index in [-0.39, 0.29) is 5.95 Å². The summed E-state index contributed by atoms with van der Waals surface area (Å²) >= 11 is 5.71. The van der Waals surface area contributed by atoms with Crippen molar-refractivity contribution in [3.8, 4) is 0 Å². The van der Waals surface area contributed by atoms with Gasteiger partial charge in [0.1, 0.15) is 11.0 Å². The van der Waals surface area contributed by atoms with E-state index in [2.05, 4.69) is 29.1 Å². The average molecular weight is 201 g/mol. The number of nitrogens with one attached hydrogen (secondary N) is 1. The Bertz CT molecular complexity index is 269. The minimum absolute atomic E-state index is 0.193. The highest BCUT2D eigenvalue weighted by Crippen LogP contribution is 2.13. The smallest absolute Gasteiger partial charge is 0.223 e. The third-order valence-electron chi connectivity index (χ3n) is 1.72. The van der Waals surface area contributed by atoms with Crippen LogP contribution in [0.4, 0.5) is 11.8 Å². The second-order valence-electron chi connectivity index (χ2n) is 2.89. The van der Waals surface area contributed by atoms with Crippen LogP contribution in [0.1, 0.15) is 20.3 Å². The van der Waals surface area contributed by atoms with Crippen molar-refractivity contribution in [1.29, 1.82) is 0 Å². The zero-order chi connectivity index (χ0) is 9.84. The van der Waals surface area contributed by atoms with Crippen LogP contribution in [-0.2, 0) is 0 Å². The zero-order valence-electron chi connectivity index (χ0n) is 7.71. The lowest BCUT2D eigenvalue weighted by Crippen LogP contribution is -2.15. The topological polar surface area (TPSA) is 63.8 Å². The molecule has 1 aromatic heterocycles. The molecule has 0 aliphatic rings. The van der Waals surface area contributed by atoms with E-state index >= 15 is 0 Å². The molecule has 1 rings (SSSR count). The highest BCUT2D eigenvalue weighted by atomic mass is 35.5. The van der Waals surface area contributed by atoms with Gasteiger partial charge in [0, 0.05) is 12.1 Å². The summed E-state index contributed by atoms with van der Waals surface area (Å²) in [4.78, 5) is 7.75. The van der Waals surface area contributed by atoms with E-state index in [4.69, 9.17) is 17.3 Å². The number of nitrogens with two attached hydrogens (primary N) is 1. The summed E-state index contributed by atoms with van der Waals surface area (Å²) in [6.45, 7) is 4.15. The van der Waals surface area contributed by atoms with Gasteiger partial charge in [-0.15, -0.1) is 0 Å². The van der Waals surface area contributed by atoms with Crippen LogP contribution in [0, 0.1) is 0 Å². The Morgan fingerprint density at radius 1 is 1.62 bits per heavy atom. The summed E-state index contributed by atoms with van der Waals surface area (Å²) in [5, 5.41) is 3.52. The Morgan fingerprint density at radius 3 is 2.85 bits per heavy atom. The SMILES string of the molecule is CCC(C)Nc1cc(Cl)nc(N)n1. The van der Waals surface area contributed by atoms with Gasteiger partial charge >= 0.3 is 0 Å². The molecule has 0 aliphatic heterocycles. The molecule has 72 valence electrons.